The number of para-hydroxylation sites is 1. The fraction of sp³-hybridized carbons (Fsp3) is 0.0667. The lowest BCUT2D eigenvalue weighted by atomic mass is 10.1. The highest BCUT2D eigenvalue weighted by Crippen LogP contribution is 2.41. The van der Waals surface area contributed by atoms with E-state index in [0.717, 1.165) is 27.4 Å². The van der Waals surface area contributed by atoms with Crippen LogP contribution in [0.2, 0.25) is 0 Å². The number of methoxy groups -OCH3 is 1. The molecule has 2 aromatic heterocycles. The van der Waals surface area contributed by atoms with Gasteiger partial charge in [0.05, 0.1) is 17.7 Å². The molecule has 0 unspecified atom stereocenters. The second-order valence-corrected chi connectivity index (χ2v) is 5.20. The van der Waals surface area contributed by atoms with Gasteiger partial charge in [0.2, 0.25) is 0 Å². The second-order valence-electron chi connectivity index (χ2n) is 4.17. The van der Waals surface area contributed by atoms with Crippen LogP contribution in [0.5, 0.6) is 5.75 Å². The van der Waals surface area contributed by atoms with E-state index in [-0.39, 0.29) is 0 Å². The van der Waals surface area contributed by atoms with Gasteiger partial charge in [-0.3, -0.25) is 4.98 Å². The largest absolute Gasteiger partial charge is 0.496 e. The average molecular weight is 283 g/mol. The molecule has 0 fully saturated rings. The predicted octanol–water partition coefficient (Wildman–Crippen LogP) is 3.46. The molecule has 4 nitrogen and oxygen atoms in total. The quantitative estimate of drug-likeness (QED) is 0.799. The van der Waals surface area contributed by atoms with Crippen LogP contribution in [0.3, 0.4) is 0 Å². The first kappa shape index (κ1) is 12.6. The molecule has 5 heteroatoms. The van der Waals surface area contributed by atoms with E-state index in [1.54, 1.807) is 19.5 Å². The predicted molar refractivity (Wildman–Crippen MR) is 81.7 cm³/mol. The number of hydrogen-bond acceptors (Lipinski definition) is 5. The number of anilines is 1. The van der Waals surface area contributed by atoms with Crippen molar-refractivity contribution in [2.45, 2.75) is 0 Å². The van der Waals surface area contributed by atoms with Crippen LogP contribution in [-0.4, -0.2) is 17.1 Å². The van der Waals surface area contributed by atoms with E-state index in [9.17, 15) is 0 Å². The Bertz CT molecular complexity index is 725. The number of benzene rings is 1. The molecule has 0 saturated heterocycles. The van der Waals surface area contributed by atoms with E-state index in [1.807, 2.05) is 36.4 Å². The molecule has 0 amide bonds. The van der Waals surface area contributed by atoms with Crippen LogP contribution in [0.4, 0.5) is 5.13 Å². The SMILES string of the molecule is COc1ccccc1-c1sc(N)nc1-c1ccncc1. The van der Waals surface area contributed by atoms with Crippen molar-refractivity contribution in [2.24, 2.45) is 0 Å². The van der Waals surface area contributed by atoms with Gasteiger partial charge in [0, 0.05) is 23.5 Å². The van der Waals surface area contributed by atoms with Crippen molar-refractivity contribution in [1.82, 2.24) is 9.97 Å². The van der Waals surface area contributed by atoms with Crippen molar-refractivity contribution >= 4 is 16.5 Å². The molecule has 3 rings (SSSR count). The number of aromatic nitrogens is 2. The number of hydrogen-bond donors (Lipinski definition) is 1. The van der Waals surface area contributed by atoms with Crippen molar-refractivity contribution in [3.8, 4) is 27.4 Å². The van der Waals surface area contributed by atoms with Crippen molar-refractivity contribution in [2.75, 3.05) is 12.8 Å². The van der Waals surface area contributed by atoms with Crippen molar-refractivity contribution < 1.29 is 4.74 Å². The summed E-state index contributed by atoms with van der Waals surface area (Å²) in [5, 5.41) is 0.540. The number of nitrogens with two attached hydrogens (primary N) is 1. The Morgan fingerprint density at radius 2 is 1.85 bits per heavy atom. The van der Waals surface area contributed by atoms with Crippen LogP contribution < -0.4 is 10.5 Å². The van der Waals surface area contributed by atoms with Crippen LogP contribution in [0.15, 0.2) is 48.8 Å². The fourth-order valence-electron chi connectivity index (χ4n) is 2.06. The van der Waals surface area contributed by atoms with Crippen LogP contribution >= 0.6 is 11.3 Å². The molecule has 20 heavy (non-hydrogen) atoms. The third-order valence-corrected chi connectivity index (χ3v) is 3.87. The van der Waals surface area contributed by atoms with Gasteiger partial charge in [0.1, 0.15) is 5.75 Å². The molecule has 2 heterocycles. The molecule has 0 atom stereocenters. The fourth-order valence-corrected chi connectivity index (χ4v) is 2.94. The number of nitrogens with zero attached hydrogens (tertiary/aromatic N) is 2. The Morgan fingerprint density at radius 3 is 2.60 bits per heavy atom. The molecular formula is C15H13N3OS. The summed E-state index contributed by atoms with van der Waals surface area (Å²) < 4.78 is 5.43. The van der Waals surface area contributed by atoms with Gasteiger partial charge >= 0.3 is 0 Å². The van der Waals surface area contributed by atoms with Crippen LogP contribution in [0, 0.1) is 0 Å². The van der Waals surface area contributed by atoms with E-state index in [1.165, 1.54) is 11.3 Å². The Hall–Kier alpha value is -2.40. The van der Waals surface area contributed by atoms with Crippen molar-refractivity contribution in [3.05, 3.63) is 48.8 Å². The van der Waals surface area contributed by atoms with Crippen LogP contribution in [0.25, 0.3) is 21.7 Å². The van der Waals surface area contributed by atoms with E-state index < -0.39 is 0 Å². The Balaban J connectivity index is 2.20. The van der Waals surface area contributed by atoms with Gasteiger partial charge in [-0.05, 0) is 24.3 Å². The summed E-state index contributed by atoms with van der Waals surface area (Å²) in [5.41, 5.74) is 8.75. The molecule has 0 radical (unpaired) electrons. The van der Waals surface area contributed by atoms with E-state index in [0.29, 0.717) is 5.13 Å². The Morgan fingerprint density at radius 1 is 1.10 bits per heavy atom. The van der Waals surface area contributed by atoms with Crippen molar-refractivity contribution in [3.63, 3.8) is 0 Å². The van der Waals surface area contributed by atoms with Gasteiger partial charge in [-0.2, -0.15) is 0 Å². The molecule has 3 aromatic rings. The molecule has 100 valence electrons. The maximum absolute atomic E-state index is 5.90. The van der Waals surface area contributed by atoms with E-state index >= 15 is 0 Å². The summed E-state index contributed by atoms with van der Waals surface area (Å²) in [4.78, 5) is 9.48. The minimum absolute atomic E-state index is 0.540. The lowest BCUT2D eigenvalue weighted by molar-refractivity contribution is 0.416. The molecule has 0 aliphatic heterocycles. The topological polar surface area (TPSA) is 61.0 Å². The van der Waals surface area contributed by atoms with Gasteiger partial charge in [0.15, 0.2) is 5.13 Å². The second kappa shape index (κ2) is 5.30. The number of rotatable bonds is 3. The number of thiazole rings is 1. The highest BCUT2D eigenvalue weighted by atomic mass is 32.1. The zero-order chi connectivity index (χ0) is 13.9. The minimum atomic E-state index is 0.540. The Kier molecular flexibility index (Phi) is 3.35. The highest BCUT2D eigenvalue weighted by molar-refractivity contribution is 7.19. The molecule has 0 saturated carbocycles. The van der Waals surface area contributed by atoms with Crippen LogP contribution in [0.1, 0.15) is 0 Å². The lowest BCUT2D eigenvalue weighted by Crippen LogP contribution is -1.88. The number of nitrogen functional groups attached to an aromatic ring is 1. The molecule has 0 aliphatic carbocycles. The van der Waals surface area contributed by atoms with Gasteiger partial charge in [-0.15, -0.1) is 0 Å². The first-order chi connectivity index (χ1) is 9.79. The summed E-state index contributed by atoms with van der Waals surface area (Å²) in [6.45, 7) is 0. The molecule has 0 spiro atoms. The maximum atomic E-state index is 5.90. The molecule has 1 aromatic carbocycles. The first-order valence-corrected chi connectivity index (χ1v) is 6.91. The summed E-state index contributed by atoms with van der Waals surface area (Å²) in [6, 6.07) is 11.7. The van der Waals surface area contributed by atoms with Gasteiger partial charge in [-0.25, -0.2) is 4.98 Å². The van der Waals surface area contributed by atoms with Crippen molar-refractivity contribution in [1.29, 1.82) is 0 Å². The smallest absolute Gasteiger partial charge is 0.181 e. The lowest BCUT2D eigenvalue weighted by Gasteiger charge is -2.07. The molecule has 2 N–H and O–H groups in total. The zero-order valence-electron chi connectivity index (χ0n) is 10.9. The summed E-state index contributed by atoms with van der Waals surface area (Å²) in [5.74, 6) is 0.812. The van der Waals surface area contributed by atoms with Crippen LogP contribution in [-0.2, 0) is 0 Å². The van der Waals surface area contributed by atoms with E-state index in [4.69, 9.17) is 10.5 Å². The zero-order valence-corrected chi connectivity index (χ0v) is 11.7. The van der Waals surface area contributed by atoms with Gasteiger partial charge < -0.3 is 10.5 Å². The molecule has 0 bridgehead atoms. The van der Waals surface area contributed by atoms with E-state index in [2.05, 4.69) is 9.97 Å². The normalized spacial score (nSPS) is 10.4. The summed E-state index contributed by atoms with van der Waals surface area (Å²) in [6.07, 6.45) is 3.49. The van der Waals surface area contributed by atoms with Gasteiger partial charge in [-0.1, -0.05) is 23.5 Å². The first-order valence-electron chi connectivity index (χ1n) is 6.09. The molecular weight excluding hydrogens is 270 g/mol. The number of ether oxygens (including phenoxy) is 1. The third kappa shape index (κ3) is 2.23. The minimum Gasteiger partial charge on any atom is -0.496 e. The van der Waals surface area contributed by atoms with Gasteiger partial charge in [0.25, 0.3) is 0 Å². The monoisotopic (exact) mass is 283 g/mol. The maximum Gasteiger partial charge on any atom is 0.181 e. The highest BCUT2D eigenvalue weighted by Gasteiger charge is 2.16. The third-order valence-electron chi connectivity index (χ3n) is 2.95. The number of pyridine rings is 1. The standard InChI is InChI=1S/C15H13N3OS/c1-19-12-5-3-2-4-11(12)14-13(18-15(16)20-14)10-6-8-17-9-7-10/h2-9H,1H3,(H2,16,18). The Labute approximate surface area is 120 Å². The average Bonchev–Trinajstić information content (AvgIpc) is 2.90. The summed E-state index contributed by atoms with van der Waals surface area (Å²) >= 11 is 1.46. The molecule has 0 aliphatic rings. The summed E-state index contributed by atoms with van der Waals surface area (Å²) in [7, 11) is 1.66.